The summed E-state index contributed by atoms with van der Waals surface area (Å²) >= 11 is 0. The van der Waals surface area contributed by atoms with Gasteiger partial charge in [0.1, 0.15) is 5.75 Å². The van der Waals surface area contributed by atoms with Crippen LogP contribution in [0.15, 0.2) is 54.6 Å². The summed E-state index contributed by atoms with van der Waals surface area (Å²) in [4.78, 5) is 0. The van der Waals surface area contributed by atoms with Gasteiger partial charge >= 0.3 is 0 Å². The summed E-state index contributed by atoms with van der Waals surface area (Å²) in [5, 5.41) is 9.73. The lowest BCUT2D eigenvalue weighted by Crippen LogP contribution is -1.96. The molecule has 108 valence electrons. The number of hydrogen-bond donors (Lipinski definition) is 1. The van der Waals surface area contributed by atoms with Gasteiger partial charge < -0.3 is 10.5 Å². The van der Waals surface area contributed by atoms with Crippen LogP contribution < -0.4 is 10.5 Å². The molecule has 0 aliphatic heterocycles. The second kappa shape index (κ2) is 4.73. The number of rotatable bonds is 2. The topological polar surface area (TPSA) is 65.4 Å². The van der Waals surface area contributed by atoms with Gasteiger partial charge in [0.05, 0.1) is 18.2 Å². The minimum Gasteiger partial charge on any atom is -0.496 e. The standard InChI is InChI=1S/C17H14N4O/c1-22-15-8-7-12(18)10-13(15)17-20-19-16-9-6-11-4-2-3-5-14(11)21(16)17/h2-10H,18H2,1H3. The van der Waals surface area contributed by atoms with E-state index in [0.717, 1.165) is 33.7 Å². The highest BCUT2D eigenvalue weighted by molar-refractivity contribution is 5.84. The van der Waals surface area contributed by atoms with Crippen LogP contribution in [0.4, 0.5) is 5.69 Å². The van der Waals surface area contributed by atoms with Crippen molar-refractivity contribution in [2.75, 3.05) is 12.8 Å². The van der Waals surface area contributed by atoms with E-state index in [-0.39, 0.29) is 0 Å². The van der Waals surface area contributed by atoms with Crippen molar-refractivity contribution in [1.82, 2.24) is 14.6 Å². The predicted molar refractivity (Wildman–Crippen MR) is 86.9 cm³/mol. The van der Waals surface area contributed by atoms with Crippen molar-refractivity contribution in [2.24, 2.45) is 0 Å². The van der Waals surface area contributed by atoms with Crippen LogP contribution in [0.3, 0.4) is 0 Å². The predicted octanol–water partition coefficient (Wildman–Crippen LogP) is 3.14. The van der Waals surface area contributed by atoms with Crippen LogP contribution in [0.25, 0.3) is 27.9 Å². The molecular weight excluding hydrogens is 276 g/mol. The number of fused-ring (bicyclic) bond motifs is 3. The lowest BCUT2D eigenvalue weighted by atomic mass is 10.1. The van der Waals surface area contributed by atoms with Gasteiger partial charge in [0, 0.05) is 5.69 Å². The molecule has 0 unspecified atom stereocenters. The maximum absolute atomic E-state index is 5.93. The molecule has 0 saturated carbocycles. The lowest BCUT2D eigenvalue weighted by Gasteiger charge is -2.09. The maximum atomic E-state index is 5.93. The molecule has 0 amide bonds. The lowest BCUT2D eigenvalue weighted by molar-refractivity contribution is 0.416. The van der Waals surface area contributed by atoms with Crippen molar-refractivity contribution in [2.45, 2.75) is 0 Å². The number of hydrogen-bond acceptors (Lipinski definition) is 4. The Hall–Kier alpha value is -3.08. The van der Waals surface area contributed by atoms with Gasteiger partial charge in [-0.25, -0.2) is 0 Å². The van der Waals surface area contributed by atoms with E-state index in [4.69, 9.17) is 10.5 Å². The van der Waals surface area contributed by atoms with Gasteiger partial charge in [-0.15, -0.1) is 10.2 Å². The van der Waals surface area contributed by atoms with Crippen LogP contribution >= 0.6 is 0 Å². The Morgan fingerprint density at radius 3 is 2.73 bits per heavy atom. The third-order valence-corrected chi connectivity index (χ3v) is 3.74. The van der Waals surface area contributed by atoms with Gasteiger partial charge in [0.25, 0.3) is 0 Å². The molecule has 2 heterocycles. The number of methoxy groups -OCH3 is 1. The van der Waals surface area contributed by atoms with Crippen molar-refractivity contribution in [3.05, 3.63) is 54.6 Å². The van der Waals surface area contributed by atoms with Crippen molar-refractivity contribution in [3.63, 3.8) is 0 Å². The Labute approximate surface area is 127 Å². The van der Waals surface area contributed by atoms with Gasteiger partial charge in [-0.1, -0.05) is 18.2 Å². The number of nitrogens with zero attached hydrogens (tertiary/aromatic N) is 3. The number of para-hydroxylation sites is 1. The molecule has 0 bridgehead atoms. The first-order valence-corrected chi connectivity index (χ1v) is 6.95. The zero-order valence-electron chi connectivity index (χ0n) is 12.0. The highest BCUT2D eigenvalue weighted by atomic mass is 16.5. The number of nitrogen functional groups attached to an aromatic ring is 1. The van der Waals surface area contributed by atoms with Crippen LogP contribution in [0.2, 0.25) is 0 Å². The molecular formula is C17H14N4O. The Morgan fingerprint density at radius 2 is 1.86 bits per heavy atom. The Bertz CT molecular complexity index is 990. The molecule has 0 spiro atoms. The van der Waals surface area contributed by atoms with Crippen molar-refractivity contribution in [3.8, 4) is 17.1 Å². The van der Waals surface area contributed by atoms with Gasteiger partial charge in [-0.05, 0) is 41.8 Å². The zero-order valence-corrected chi connectivity index (χ0v) is 12.0. The molecule has 0 saturated heterocycles. The minimum atomic E-state index is 0.660. The van der Waals surface area contributed by atoms with Crippen molar-refractivity contribution >= 4 is 22.2 Å². The van der Waals surface area contributed by atoms with Gasteiger partial charge in [-0.2, -0.15) is 0 Å². The highest BCUT2D eigenvalue weighted by Crippen LogP contribution is 2.32. The van der Waals surface area contributed by atoms with E-state index in [1.807, 2.05) is 52.9 Å². The van der Waals surface area contributed by atoms with E-state index in [0.29, 0.717) is 5.69 Å². The van der Waals surface area contributed by atoms with Crippen molar-refractivity contribution in [1.29, 1.82) is 0 Å². The first-order chi connectivity index (χ1) is 10.8. The molecule has 0 atom stereocenters. The molecule has 22 heavy (non-hydrogen) atoms. The fourth-order valence-electron chi connectivity index (χ4n) is 2.71. The first-order valence-electron chi connectivity index (χ1n) is 6.95. The van der Waals surface area contributed by atoms with E-state index < -0.39 is 0 Å². The fraction of sp³-hybridized carbons (Fsp3) is 0.0588. The second-order valence-electron chi connectivity index (χ2n) is 5.07. The first kappa shape index (κ1) is 12.6. The zero-order chi connectivity index (χ0) is 15.1. The molecule has 0 aliphatic rings. The summed E-state index contributed by atoms with van der Waals surface area (Å²) in [6.07, 6.45) is 0. The summed E-state index contributed by atoms with van der Waals surface area (Å²) < 4.78 is 7.47. The SMILES string of the molecule is COc1ccc(N)cc1-c1nnc2ccc3ccccc3n12. The van der Waals surface area contributed by atoms with E-state index in [2.05, 4.69) is 16.3 Å². The van der Waals surface area contributed by atoms with E-state index >= 15 is 0 Å². The molecule has 5 nitrogen and oxygen atoms in total. The van der Waals surface area contributed by atoms with Crippen LogP contribution in [-0.2, 0) is 0 Å². The molecule has 4 rings (SSSR count). The monoisotopic (exact) mass is 290 g/mol. The summed E-state index contributed by atoms with van der Waals surface area (Å²) in [7, 11) is 1.64. The van der Waals surface area contributed by atoms with Crippen LogP contribution in [0.5, 0.6) is 5.75 Å². The molecule has 4 aromatic rings. The average Bonchev–Trinajstić information content (AvgIpc) is 2.99. The molecule has 0 radical (unpaired) electrons. The maximum Gasteiger partial charge on any atom is 0.172 e. The second-order valence-corrected chi connectivity index (χ2v) is 5.07. The molecule has 0 fully saturated rings. The molecule has 2 aromatic heterocycles. The highest BCUT2D eigenvalue weighted by Gasteiger charge is 2.15. The molecule has 5 heteroatoms. The molecule has 0 aliphatic carbocycles. The Kier molecular flexibility index (Phi) is 2.72. The minimum absolute atomic E-state index is 0.660. The number of ether oxygens (including phenoxy) is 1. The summed E-state index contributed by atoms with van der Waals surface area (Å²) in [5.74, 6) is 1.44. The van der Waals surface area contributed by atoms with Gasteiger partial charge in [-0.3, -0.25) is 4.40 Å². The number of benzene rings is 2. The smallest absolute Gasteiger partial charge is 0.172 e. The molecule has 2 N–H and O–H groups in total. The third-order valence-electron chi connectivity index (χ3n) is 3.74. The number of pyridine rings is 1. The van der Waals surface area contributed by atoms with E-state index in [1.165, 1.54) is 0 Å². The number of aromatic nitrogens is 3. The van der Waals surface area contributed by atoms with Gasteiger partial charge in [0.2, 0.25) is 0 Å². The largest absolute Gasteiger partial charge is 0.496 e. The summed E-state index contributed by atoms with van der Waals surface area (Å²) in [5.41, 5.74) is 9.25. The van der Waals surface area contributed by atoms with E-state index in [1.54, 1.807) is 7.11 Å². The molecule has 2 aromatic carbocycles. The quantitative estimate of drug-likeness (QED) is 0.576. The van der Waals surface area contributed by atoms with Crippen LogP contribution in [0.1, 0.15) is 0 Å². The summed E-state index contributed by atoms with van der Waals surface area (Å²) in [6, 6.07) is 17.6. The Balaban J connectivity index is 2.12. The fourth-order valence-corrected chi connectivity index (χ4v) is 2.71. The Morgan fingerprint density at radius 1 is 1.00 bits per heavy atom. The van der Waals surface area contributed by atoms with Gasteiger partial charge in [0.15, 0.2) is 11.5 Å². The number of anilines is 1. The third kappa shape index (κ3) is 1.79. The number of nitrogens with two attached hydrogens (primary N) is 1. The van der Waals surface area contributed by atoms with Crippen LogP contribution in [0, 0.1) is 0 Å². The normalized spacial score (nSPS) is 11.1. The van der Waals surface area contributed by atoms with Crippen LogP contribution in [-0.4, -0.2) is 21.7 Å². The average molecular weight is 290 g/mol. The summed E-state index contributed by atoms with van der Waals surface area (Å²) in [6.45, 7) is 0. The van der Waals surface area contributed by atoms with Crippen molar-refractivity contribution < 1.29 is 4.74 Å². The van der Waals surface area contributed by atoms with E-state index in [9.17, 15) is 0 Å².